The average Bonchev–Trinajstić information content (AvgIpc) is 2.11. The lowest BCUT2D eigenvalue weighted by atomic mass is 9.92. The van der Waals surface area contributed by atoms with Crippen LogP contribution in [0.5, 0.6) is 0 Å². The number of hydrogen-bond donors (Lipinski definition) is 1. The minimum absolute atomic E-state index is 0.873. The van der Waals surface area contributed by atoms with E-state index >= 15 is 0 Å². The summed E-state index contributed by atoms with van der Waals surface area (Å²) in [4.78, 5) is 2.58. The molecule has 1 heterocycles. The minimum Gasteiger partial charge on any atom is -0.312 e. The molecule has 0 aromatic heterocycles. The van der Waals surface area contributed by atoms with E-state index in [4.69, 9.17) is 0 Å². The summed E-state index contributed by atoms with van der Waals surface area (Å²) >= 11 is 0. The Balaban J connectivity index is 2.13. The number of nitrogens with one attached hydrogen (secondary N) is 1. The summed E-state index contributed by atoms with van der Waals surface area (Å²) in [6, 6.07) is 0. The molecule has 0 aromatic carbocycles. The maximum atomic E-state index is 3.69. The van der Waals surface area contributed by atoms with Crippen molar-refractivity contribution in [3.05, 3.63) is 12.7 Å². The normalized spacial score (nSPS) is 29.0. The van der Waals surface area contributed by atoms with Crippen LogP contribution in [-0.2, 0) is 0 Å². The van der Waals surface area contributed by atoms with Crippen LogP contribution >= 0.6 is 0 Å². The molecule has 0 spiro atoms. The molecular weight excluding hydrogens is 172 g/mol. The Kier molecular flexibility index (Phi) is 5.20. The fourth-order valence-electron chi connectivity index (χ4n) is 2.42. The summed E-state index contributed by atoms with van der Waals surface area (Å²) in [5.74, 6) is 1.75. The van der Waals surface area contributed by atoms with Gasteiger partial charge < -0.3 is 10.2 Å². The Morgan fingerprint density at radius 1 is 1.36 bits per heavy atom. The highest BCUT2D eigenvalue weighted by atomic mass is 15.1. The molecule has 0 radical (unpaired) electrons. The van der Waals surface area contributed by atoms with Crippen LogP contribution in [-0.4, -0.2) is 37.6 Å². The number of piperidine rings is 1. The summed E-state index contributed by atoms with van der Waals surface area (Å²) in [6.07, 6.45) is 3.32. The van der Waals surface area contributed by atoms with Gasteiger partial charge in [0.25, 0.3) is 0 Å². The van der Waals surface area contributed by atoms with Gasteiger partial charge in [-0.2, -0.15) is 0 Å². The lowest BCUT2D eigenvalue weighted by Crippen LogP contribution is -2.42. The zero-order valence-electron chi connectivity index (χ0n) is 9.63. The first-order chi connectivity index (χ1) is 6.72. The minimum atomic E-state index is 0.873. The molecule has 2 heteroatoms. The van der Waals surface area contributed by atoms with Crippen LogP contribution < -0.4 is 5.32 Å². The van der Waals surface area contributed by atoms with E-state index in [-0.39, 0.29) is 0 Å². The van der Waals surface area contributed by atoms with E-state index in [9.17, 15) is 0 Å². The molecule has 1 fully saturated rings. The molecule has 2 nitrogen and oxygen atoms in total. The third-order valence-electron chi connectivity index (χ3n) is 2.84. The van der Waals surface area contributed by atoms with Crippen molar-refractivity contribution in [2.75, 3.05) is 32.7 Å². The van der Waals surface area contributed by atoms with Crippen LogP contribution in [0.15, 0.2) is 12.7 Å². The molecule has 0 aromatic rings. The smallest absolute Gasteiger partial charge is 0.0132 e. The first-order valence-electron chi connectivity index (χ1n) is 5.76. The van der Waals surface area contributed by atoms with Crippen LogP contribution in [0.4, 0.5) is 0 Å². The molecule has 0 saturated carbocycles. The van der Waals surface area contributed by atoms with Crippen LogP contribution in [0, 0.1) is 11.8 Å². The van der Waals surface area contributed by atoms with Gasteiger partial charge in [0.1, 0.15) is 0 Å². The van der Waals surface area contributed by atoms with Gasteiger partial charge in [-0.15, -0.1) is 6.58 Å². The molecule has 1 aliphatic heterocycles. The van der Waals surface area contributed by atoms with E-state index in [0.29, 0.717) is 0 Å². The van der Waals surface area contributed by atoms with E-state index in [2.05, 4.69) is 30.6 Å². The lowest BCUT2D eigenvalue weighted by molar-refractivity contribution is 0.142. The molecule has 0 bridgehead atoms. The summed E-state index contributed by atoms with van der Waals surface area (Å²) in [5, 5.41) is 3.35. The molecule has 2 unspecified atom stereocenters. The summed E-state index contributed by atoms with van der Waals surface area (Å²) < 4.78 is 0. The second-order valence-electron chi connectivity index (χ2n) is 4.70. The standard InChI is InChI=1S/C12H24N2/c1-4-5-13-6-7-14-9-11(2)8-12(3)10-14/h4,11-13H,1,5-10H2,2-3H3. The maximum absolute atomic E-state index is 3.69. The van der Waals surface area contributed by atoms with Crippen molar-refractivity contribution in [3.8, 4) is 0 Å². The quantitative estimate of drug-likeness (QED) is 0.532. The highest BCUT2D eigenvalue weighted by Gasteiger charge is 2.20. The van der Waals surface area contributed by atoms with Crippen molar-refractivity contribution in [2.24, 2.45) is 11.8 Å². The SMILES string of the molecule is C=CCNCCN1CC(C)CC(C)C1. The Morgan fingerprint density at radius 3 is 2.57 bits per heavy atom. The van der Waals surface area contributed by atoms with Gasteiger partial charge in [0.15, 0.2) is 0 Å². The fraction of sp³-hybridized carbons (Fsp3) is 0.833. The molecule has 1 N–H and O–H groups in total. The Morgan fingerprint density at radius 2 is 2.00 bits per heavy atom. The van der Waals surface area contributed by atoms with Crippen molar-refractivity contribution >= 4 is 0 Å². The summed E-state index contributed by atoms with van der Waals surface area (Å²) in [5.41, 5.74) is 0. The fourth-order valence-corrected chi connectivity index (χ4v) is 2.42. The lowest BCUT2D eigenvalue weighted by Gasteiger charge is -2.34. The summed E-state index contributed by atoms with van der Waals surface area (Å²) in [6.45, 7) is 14.2. The van der Waals surface area contributed by atoms with Gasteiger partial charge in [0.2, 0.25) is 0 Å². The predicted molar refractivity (Wildman–Crippen MR) is 62.5 cm³/mol. The van der Waals surface area contributed by atoms with Crippen molar-refractivity contribution in [1.29, 1.82) is 0 Å². The average molecular weight is 196 g/mol. The number of rotatable bonds is 5. The molecule has 1 aliphatic rings. The van der Waals surface area contributed by atoms with Gasteiger partial charge in [0, 0.05) is 32.7 Å². The third-order valence-corrected chi connectivity index (χ3v) is 2.84. The van der Waals surface area contributed by atoms with Crippen molar-refractivity contribution in [2.45, 2.75) is 20.3 Å². The molecule has 0 amide bonds. The Bertz CT molecular complexity index is 158. The predicted octanol–water partition coefficient (Wildman–Crippen LogP) is 1.74. The van der Waals surface area contributed by atoms with Crippen molar-refractivity contribution in [3.63, 3.8) is 0 Å². The second kappa shape index (κ2) is 6.20. The monoisotopic (exact) mass is 196 g/mol. The van der Waals surface area contributed by atoms with Crippen LogP contribution in [0.1, 0.15) is 20.3 Å². The molecule has 82 valence electrons. The van der Waals surface area contributed by atoms with Crippen molar-refractivity contribution < 1.29 is 0 Å². The van der Waals surface area contributed by atoms with Gasteiger partial charge in [0.05, 0.1) is 0 Å². The molecule has 1 saturated heterocycles. The topological polar surface area (TPSA) is 15.3 Å². The highest BCUT2D eigenvalue weighted by molar-refractivity contribution is 4.76. The molecule has 1 rings (SSSR count). The molecule has 0 aliphatic carbocycles. The zero-order chi connectivity index (χ0) is 10.4. The van der Waals surface area contributed by atoms with Gasteiger partial charge >= 0.3 is 0 Å². The zero-order valence-corrected chi connectivity index (χ0v) is 9.63. The number of likely N-dealkylation sites (tertiary alicyclic amines) is 1. The Hall–Kier alpha value is -0.340. The Labute approximate surface area is 88.4 Å². The van der Waals surface area contributed by atoms with E-state index in [0.717, 1.165) is 24.9 Å². The first kappa shape index (κ1) is 11.7. The summed E-state index contributed by atoms with van der Waals surface area (Å²) in [7, 11) is 0. The van der Waals surface area contributed by atoms with Crippen LogP contribution in [0.25, 0.3) is 0 Å². The molecule has 14 heavy (non-hydrogen) atoms. The maximum Gasteiger partial charge on any atom is 0.0132 e. The van der Waals surface area contributed by atoms with E-state index in [1.54, 1.807) is 0 Å². The molecular formula is C12H24N2. The number of hydrogen-bond acceptors (Lipinski definition) is 2. The number of nitrogens with zero attached hydrogens (tertiary/aromatic N) is 1. The second-order valence-corrected chi connectivity index (χ2v) is 4.70. The van der Waals surface area contributed by atoms with E-state index < -0.39 is 0 Å². The van der Waals surface area contributed by atoms with Gasteiger partial charge in [-0.25, -0.2) is 0 Å². The van der Waals surface area contributed by atoms with E-state index in [1.807, 2.05) is 6.08 Å². The van der Waals surface area contributed by atoms with Crippen LogP contribution in [0.3, 0.4) is 0 Å². The largest absolute Gasteiger partial charge is 0.312 e. The van der Waals surface area contributed by atoms with Gasteiger partial charge in [-0.3, -0.25) is 0 Å². The first-order valence-corrected chi connectivity index (χ1v) is 5.76. The van der Waals surface area contributed by atoms with Gasteiger partial charge in [-0.05, 0) is 18.3 Å². The van der Waals surface area contributed by atoms with Gasteiger partial charge in [-0.1, -0.05) is 19.9 Å². The van der Waals surface area contributed by atoms with Crippen LogP contribution in [0.2, 0.25) is 0 Å². The third kappa shape index (κ3) is 4.25. The van der Waals surface area contributed by atoms with E-state index in [1.165, 1.54) is 26.1 Å². The molecule has 2 atom stereocenters. The highest BCUT2D eigenvalue weighted by Crippen LogP contribution is 2.20. The van der Waals surface area contributed by atoms with Crippen molar-refractivity contribution in [1.82, 2.24) is 10.2 Å².